The zero-order valence-corrected chi connectivity index (χ0v) is 11.5. The number of nitrogens with zero attached hydrogens (tertiary/aromatic N) is 2. The van der Waals surface area contributed by atoms with Crippen molar-refractivity contribution in [3.05, 3.63) is 11.1 Å². The molecule has 0 saturated heterocycles. The topological polar surface area (TPSA) is 97.8 Å². The van der Waals surface area contributed by atoms with Gasteiger partial charge in [-0.1, -0.05) is 12.1 Å². The number of aromatic nitrogens is 1. The van der Waals surface area contributed by atoms with Gasteiger partial charge < -0.3 is 15.7 Å². The molecule has 0 aliphatic heterocycles. The summed E-state index contributed by atoms with van der Waals surface area (Å²) in [5.74, 6) is -0.449. The van der Waals surface area contributed by atoms with Crippen LogP contribution in [-0.4, -0.2) is 27.9 Å². The van der Waals surface area contributed by atoms with Gasteiger partial charge >= 0.3 is 5.97 Å². The zero-order chi connectivity index (χ0) is 13.8. The summed E-state index contributed by atoms with van der Waals surface area (Å²) in [5.41, 5.74) is 5.55. The van der Waals surface area contributed by atoms with Gasteiger partial charge in [-0.2, -0.15) is 0 Å². The van der Waals surface area contributed by atoms with Crippen molar-refractivity contribution in [1.29, 1.82) is 0 Å². The molecule has 1 aromatic rings. The SMILES string of the molecule is CC1CCC(O/N=C(\C(=O)O)c2csc(N)n2)CC1. The number of nitrogen functional groups attached to an aromatic ring is 1. The summed E-state index contributed by atoms with van der Waals surface area (Å²) in [5, 5.41) is 14.8. The van der Waals surface area contributed by atoms with Crippen molar-refractivity contribution >= 4 is 28.1 Å². The fraction of sp³-hybridized carbons (Fsp3) is 0.583. The Bertz CT molecular complexity index is 478. The molecule has 104 valence electrons. The first kappa shape index (κ1) is 13.8. The first-order valence-corrected chi connectivity index (χ1v) is 7.12. The number of hydrogen-bond acceptors (Lipinski definition) is 6. The normalized spacial score (nSPS) is 24.2. The molecule has 19 heavy (non-hydrogen) atoms. The molecule has 1 aromatic heterocycles. The molecule has 0 aromatic carbocycles. The van der Waals surface area contributed by atoms with Gasteiger partial charge in [-0.05, 0) is 31.6 Å². The molecule has 0 unspecified atom stereocenters. The number of carbonyl (C=O) groups is 1. The second kappa shape index (κ2) is 6.01. The van der Waals surface area contributed by atoms with Crippen molar-refractivity contribution in [2.45, 2.75) is 38.7 Å². The summed E-state index contributed by atoms with van der Waals surface area (Å²) in [6.07, 6.45) is 4.01. The largest absolute Gasteiger partial charge is 0.476 e. The van der Waals surface area contributed by atoms with E-state index in [2.05, 4.69) is 17.1 Å². The highest BCUT2D eigenvalue weighted by molar-refractivity contribution is 7.13. The number of carboxylic acids is 1. The summed E-state index contributed by atoms with van der Waals surface area (Å²) in [6.45, 7) is 2.21. The summed E-state index contributed by atoms with van der Waals surface area (Å²) in [7, 11) is 0. The van der Waals surface area contributed by atoms with E-state index in [-0.39, 0.29) is 17.5 Å². The molecule has 0 radical (unpaired) electrons. The van der Waals surface area contributed by atoms with Crippen LogP contribution in [0.5, 0.6) is 0 Å². The third-order valence-electron chi connectivity index (χ3n) is 3.22. The molecule has 6 nitrogen and oxygen atoms in total. The third-order valence-corrected chi connectivity index (χ3v) is 3.90. The molecule has 3 N–H and O–H groups in total. The average molecular weight is 283 g/mol. The Morgan fingerprint density at radius 1 is 1.53 bits per heavy atom. The van der Waals surface area contributed by atoms with Crippen LogP contribution in [0.15, 0.2) is 10.5 Å². The zero-order valence-electron chi connectivity index (χ0n) is 10.7. The van der Waals surface area contributed by atoms with E-state index in [4.69, 9.17) is 15.7 Å². The first-order valence-electron chi connectivity index (χ1n) is 6.24. The van der Waals surface area contributed by atoms with Crippen LogP contribution in [0, 0.1) is 5.92 Å². The van der Waals surface area contributed by atoms with Gasteiger partial charge in [0.15, 0.2) is 5.13 Å². The predicted octanol–water partition coefficient (Wildman–Crippen LogP) is 2.11. The molecular weight excluding hydrogens is 266 g/mol. The smallest absolute Gasteiger partial charge is 0.360 e. The molecule has 1 saturated carbocycles. The van der Waals surface area contributed by atoms with Crippen LogP contribution in [0.3, 0.4) is 0 Å². The van der Waals surface area contributed by atoms with Crippen LogP contribution in [0.25, 0.3) is 0 Å². The number of nitrogens with two attached hydrogens (primary N) is 1. The van der Waals surface area contributed by atoms with Crippen LogP contribution < -0.4 is 5.73 Å². The molecule has 0 atom stereocenters. The molecule has 0 amide bonds. The fourth-order valence-electron chi connectivity index (χ4n) is 2.05. The van der Waals surface area contributed by atoms with Gasteiger partial charge in [0.2, 0.25) is 5.71 Å². The molecular formula is C12H17N3O3S. The highest BCUT2D eigenvalue weighted by Gasteiger charge is 2.22. The van der Waals surface area contributed by atoms with E-state index >= 15 is 0 Å². The van der Waals surface area contributed by atoms with Gasteiger partial charge in [-0.15, -0.1) is 11.3 Å². The summed E-state index contributed by atoms with van der Waals surface area (Å²) >= 11 is 1.18. The Morgan fingerprint density at radius 3 is 2.74 bits per heavy atom. The van der Waals surface area contributed by atoms with E-state index < -0.39 is 5.97 Å². The number of rotatable bonds is 4. The van der Waals surface area contributed by atoms with Crippen LogP contribution in [0.1, 0.15) is 38.3 Å². The van der Waals surface area contributed by atoms with Crippen LogP contribution >= 0.6 is 11.3 Å². The molecule has 1 fully saturated rings. The number of aliphatic carboxylic acids is 1. The van der Waals surface area contributed by atoms with Crippen molar-refractivity contribution in [2.24, 2.45) is 11.1 Å². The average Bonchev–Trinajstić information content (AvgIpc) is 2.78. The van der Waals surface area contributed by atoms with E-state index in [9.17, 15) is 4.79 Å². The Morgan fingerprint density at radius 2 is 2.21 bits per heavy atom. The lowest BCUT2D eigenvalue weighted by atomic mass is 9.89. The number of oxime groups is 1. The second-order valence-corrected chi connectivity index (χ2v) is 5.69. The van der Waals surface area contributed by atoms with Crippen LogP contribution in [0.2, 0.25) is 0 Å². The minimum absolute atomic E-state index is 0.00142. The monoisotopic (exact) mass is 283 g/mol. The van der Waals surface area contributed by atoms with Gasteiger partial charge in [-0.3, -0.25) is 0 Å². The Labute approximate surface area is 115 Å². The third kappa shape index (κ3) is 3.66. The maximum absolute atomic E-state index is 11.1. The molecule has 1 aliphatic carbocycles. The van der Waals surface area contributed by atoms with E-state index in [1.165, 1.54) is 11.3 Å². The number of anilines is 1. The van der Waals surface area contributed by atoms with Crippen LogP contribution in [0.4, 0.5) is 5.13 Å². The Hall–Kier alpha value is -1.63. The van der Waals surface area contributed by atoms with Crippen molar-refractivity contribution in [3.63, 3.8) is 0 Å². The highest BCUT2D eigenvalue weighted by atomic mass is 32.1. The summed E-state index contributed by atoms with van der Waals surface area (Å²) < 4.78 is 0. The molecule has 1 aliphatic rings. The van der Waals surface area contributed by atoms with E-state index in [1.54, 1.807) is 5.38 Å². The van der Waals surface area contributed by atoms with Gasteiger partial charge in [0.1, 0.15) is 11.8 Å². The highest BCUT2D eigenvalue weighted by Crippen LogP contribution is 2.25. The fourth-order valence-corrected chi connectivity index (χ4v) is 2.60. The summed E-state index contributed by atoms with van der Waals surface area (Å²) in [4.78, 5) is 20.4. The predicted molar refractivity (Wildman–Crippen MR) is 73.2 cm³/mol. The molecule has 2 rings (SSSR count). The quantitative estimate of drug-likeness (QED) is 0.651. The molecule has 0 bridgehead atoms. The maximum atomic E-state index is 11.1. The first-order chi connectivity index (χ1) is 9.06. The van der Waals surface area contributed by atoms with Gasteiger partial charge in [0.05, 0.1) is 0 Å². The number of thiazole rings is 1. The second-order valence-electron chi connectivity index (χ2n) is 4.80. The standard InChI is InChI=1S/C12H17N3O3S/c1-7-2-4-8(5-3-7)18-15-10(11(16)17)9-6-19-12(13)14-9/h6-8H,2-5H2,1H3,(H2,13,14)(H,16,17)/b15-10-. The van der Waals surface area contributed by atoms with E-state index in [0.29, 0.717) is 11.0 Å². The number of hydrogen-bond donors (Lipinski definition) is 2. The van der Waals surface area contributed by atoms with Crippen molar-refractivity contribution < 1.29 is 14.7 Å². The lowest BCUT2D eigenvalue weighted by molar-refractivity contribution is -0.129. The van der Waals surface area contributed by atoms with E-state index in [0.717, 1.165) is 25.7 Å². The molecule has 0 spiro atoms. The van der Waals surface area contributed by atoms with Gasteiger partial charge in [0, 0.05) is 5.38 Å². The summed E-state index contributed by atoms with van der Waals surface area (Å²) in [6, 6.07) is 0. The molecule has 7 heteroatoms. The van der Waals surface area contributed by atoms with Crippen molar-refractivity contribution in [2.75, 3.05) is 5.73 Å². The van der Waals surface area contributed by atoms with E-state index in [1.807, 2.05) is 0 Å². The van der Waals surface area contributed by atoms with Crippen molar-refractivity contribution in [3.8, 4) is 0 Å². The van der Waals surface area contributed by atoms with Crippen LogP contribution in [-0.2, 0) is 9.63 Å². The molecule has 1 heterocycles. The minimum Gasteiger partial charge on any atom is -0.476 e. The maximum Gasteiger partial charge on any atom is 0.360 e. The van der Waals surface area contributed by atoms with Gasteiger partial charge in [-0.25, -0.2) is 9.78 Å². The lowest BCUT2D eigenvalue weighted by Crippen LogP contribution is -2.21. The number of carboxylic acid groups (broad SMARTS) is 1. The Balaban J connectivity index is 2.03. The minimum atomic E-state index is -1.16. The van der Waals surface area contributed by atoms with Gasteiger partial charge in [0.25, 0.3) is 0 Å². The lowest BCUT2D eigenvalue weighted by Gasteiger charge is -2.24. The van der Waals surface area contributed by atoms with Crippen molar-refractivity contribution in [1.82, 2.24) is 4.98 Å². The Kier molecular flexibility index (Phi) is 4.36.